The van der Waals surface area contributed by atoms with E-state index in [1.54, 1.807) is 0 Å². The van der Waals surface area contributed by atoms with E-state index in [0.717, 1.165) is 12.3 Å². The van der Waals surface area contributed by atoms with Gasteiger partial charge in [-0.25, -0.2) is 4.98 Å². The zero-order valence-electron chi connectivity index (χ0n) is 11.1. The van der Waals surface area contributed by atoms with Crippen LogP contribution >= 0.6 is 22.6 Å². The molecule has 0 radical (unpaired) electrons. The first-order valence-corrected chi connectivity index (χ1v) is 10.9. The summed E-state index contributed by atoms with van der Waals surface area (Å²) >= 11 is 2.33. The summed E-state index contributed by atoms with van der Waals surface area (Å²) in [7, 11) is -0.998. The number of nitrogens with zero attached hydrogens (tertiary/aromatic N) is 2. The van der Waals surface area contributed by atoms with Crippen LogP contribution in [0.1, 0.15) is 0 Å². The normalized spacial score (nSPS) is 12.2. The second-order valence-electron chi connectivity index (χ2n) is 5.66. The average molecular weight is 374 g/mol. The van der Waals surface area contributed by atoms with Crippen LogP contribution in [0.4, 0.5) is 0 Å². The Morgan fingerprint density at radius 1 is 1.39 bits per heavy atom. The molecule has 0 aliphatic rings. The van der Waals surface area contributed by atoms with E-state index in [0.29, 0.717) is 6.73 Å². The van der Waals surface area contributed by atoms with E-state index in [1.807, 2.05) is 12.3 Å². The molecule has 0 bridgehead atoms. The summed E-state index contributed by atoms with van der Waals surface area (Å²) in [5.41, 5.74) is 1.01. The molecule has 2 rings (SSSR count). The molecule has 18 heavy (non-hydrogen) atoms. The maximum atomic E-state index is 5.80. The van der Waals surface area contributed by atoms with Gasteiger partial charge in [0, 0.05) is 26.3 Å². The highest BCUT2D eigenvalue weighted by Crippen LogP contribution is 2.19. The van der Waals surface area contributed by atoms with Crippen molar-refractivity contribution in [1.29, 1.82) is 0 Å². The number of hydrogen-bond acceptors (Lipinski definition) is 2. The number of halogens is 1. The predicted molar refractivity (Wildman–Crippen MR) is 86.6 cm³/mol. The monoisotopic (exact) mass is 374 g/mol. The fraction of sp³-hybridized carbons (Fsp3) is 0.462. The summed E-state index contributed by atoms with van der Waals surface area (Å²) in [5.74, 6) is 0. The Morgan fingerprint density at radius 2 is 2.17 bits per heavy atom. The average Bonchev–Trinajstić information content (AvgIpc) is 2.59. The number of fused-ring (bicyclic) bond motifs is 1. The Hall–Kier alpha value is -0.403. The Labute approximate surface area is 123 Å². The van der Waals surface area contributed by atoms with Crippen LogP contribution in [0.5, 0.6) is 0 Å². The van der Waals surface area contributed by atoms with E-state index in [2.05, 4.69) is 63.9 Å². The molecule has 3 nitrogen and oxygen atoms in total. The van der Waals surface area contributed by atoms with E-state index in [-0.39, 0.29) is 0 Å². The lowest BCUT2D eigenvalue weighted by atomic mass is 10.3. The zero-order valence-corrected chi connectivity index (χ0v) is 14.3. The van der Waals surface area contributed by atoms with Crippen molar-refractivity contribution in [3.63, 3.8) is 0 Å². The molecule has 0 saturated carbocycles. The summed E-state index contributed by atoms with van der Waals surface area (Å²) in [6.07, 6.45) is 1.83. The standard InChI is InChI=1S/C13H19IN2OSi/c1-18(2,3)8-7-17-10-16-12(14)9-11-5-4-6-15-13(11)16/h4-6,9H,7-8,10H2,1-3H3. The van der Waals surface area contributed by atoms with Crippen LogP contribution in [0.15, 0.2) is 24.4 Å². The Kier molecular flexibility index (Phi) is 4.44. The zero-order chi connectivity index (χ0) is 13.2. The Bertz CT molecular complexity index is 533. The van der Waals surface area contributed by atoms with Crippen LogP contribution < -0.4 is 0 Å². The van der Waals surface area contributed by atoms with Crippen LogP contribution in [0.3, 0.4) is 0 Å². The first-order chi connectivity index (χ1) is 8.47. The molecular formula is C13H19IN2OSi. The highest BCUT2D eigenvalue weighted by molar-refractivity contribution is 14.1. The van der Waals surface area contributed by atoms with Gasteiger partial charge in [-0.3, -0.25) is 4.57 Å². The molecule has 0 fully saturated rings. The van der Waals surface area contributed by atoms with Gasteiger partial charge in [-0.1, -0.05) is 19.6 Å². The number of aromatic nitrogens is 2. The molecule has 2 aromatic heterocycles. The lowest BCUT2D eigenvalue weighted by Gasteiger charge is -2.16. The second-order valence-corrected chi connectivity index (χ2v) is 12.4. The third-order valence-electron chi connectivity index (χ3n) is 2.82. The third-order valence-corrected chi connectivity index (χ3v) is 5.42. The Morgan fingerprint density at radius 3 is 2.89 bits per heavy atom. The van der Waals surface area contributed by atoms with E-state index < -0.39 is 8.07 Å². The van der Waals surface area contributed by atoms with E-state index in [9.17, 15) is 0 Å². The van der Waals surface area contributed by atoms with Gasteiger partial charge in [-0.2, -0.15) is 0 Å². The second kappa shape index (κ2) is 5.71. The molecule has 0 atom stereocenters. The quantitative estimate of drug-likeness (QED) is 0.450. The molecular weight excluding hydrogens is 355 g/mol. The highest BCUT2D eigenvalue weighted by Gasteiger charge is 2.12. The minimum Gasteiger partial charge on any atom is -0.361 e. The third kappa shape index (κ3) is 3.55. The van der Waals surface area contributed by atoms with Crippen molar-refractivity contribution >= 4 is 41.7 Å². The van der Waals surface area contributed by atoms with Gasteiger partial charge < -0.3 is 4.74 Å². The number of rotatable bonds is 5. The van der Waals surface area contributed by atoms with Crippen molar-refractivity contribution in [3.8, 4) is 0 Å². The van der Waals surface area contributed by atoms with Gasteiger partial charge in [0.1, 0.15) is 12.4 Å². The molecule has 0 saturated heterocycles. The summed E-state index contributed by atoms with van der Waals surface area (Å²) in [5, 5.41) is 1.18. The van der Waals surface area contributed by atoms with Gasteiger partial charge in [0.15, 0.2) is 0 Å². The lowest BCUT2D eigenvalue weighted by molar-refractivity contribution is 0.0883. The van der Waals surface area contributed by atoms with Crippen molar-refractivity contribution in [1.82, 2.24) is 9.55 Å². The maximum Gasteiger partial charge on any atom is 0.142 e. The summed E-state index contributed by atoms with van der Waals surface area (Å²) in [6, 6.07) is 7.40. The van der Waals surface area contributed by atoms with Crippen LogP contribution in [-0.2, 0) is 11.5 Å². The minimum atomic E-state index is -0.998. The van der Waals surface area contributed by atoms with Crippen LogP contribution in [0.25, 0.3) is 11.0 Å². The summed E-state index contributed by atoms with van der Waals surface area (Å²) in [4.78, 5) is 4.42. The van der Waals surface area contributed by atoms with E-state index in [1.165, 1.54) is 15.1 Å². The largest absolute Gasteiger partial charge is 0.361 e. The number of hydrogen-bond donors (Lipinski definition) is 0. The lowest BCUT2D eigenvalue weighted by Crippen LogP contribution is -2.22. The molecule has 5 heteroatoms. The number of ether oxygens (including phenoxy) is 1. The molecule has 0 amide bonds. The van der Waals surface area contributed by atoms with Gasteiger partial charge in [0.25, 0.3) is 0 Å². The molecule has 0 N–H and O–H groups in total. The topological polar surface area (TPSA) is 27.1 Å². The van der Waals surface area contributed by atoms with Crippen LogP contribution in [0, 0.1) is 3.70 Å². The smallest absolute Gasteiger partial charge is 0.142 e. The van der Waals surface area contributed by atoms with E-state index >= 15 is 0 Å². The Balaban J connectivity index is 2.01. The van der Waals surface area contributed by atoms with Crippen molar-refractivity contribution < 1.29 is 4.74 Å². The molecule has 0 aliphatic carbocycles. The van der Waals surface area contributed by atoms with Crippen molar-refractivity contribution in [3.05, 3.63) is 28.1 Å². The summed E-state index contributed by atoms with van der Waals surface area (Å²) in [6.45, 7) is 8.55. The van der Waals surface area contributed by atoms with Gasteiger partial charge >= 0.3 is 0 Å². The molecule has 2 aromatic rings. The number of pyridine rings is 1. The summed E-state index contributed by atoms with van der Waals surface area (Å²) < 4.78 is 9.10. The van der Waals surface area contributed by atoms with Gasteiger partial charge in [-0.05, 0) is 46.8 Å². The minimum absolute atomic E-state index is 0.600. The predicted octanol–water partition coefficient (Wildman–Crippen LogP) is 3.95. The van der Waals surface area contributed by atoms with Crippen molar-refractivity contribution in [2.24, 2.45) is 0 Å². The molecule has 0 unspecified atom stereocenters. The van der Waals surface area contributed by atoms with Gasteiger partial charge in [0.05, 0.1) is 3.70 Å². The van der Waals surface area contributed by atoms with Gasteiger partial charge in [0.2, 0.25) is 0 Å². The SMILES string of the molecule is C[Si](C)(C)CCOCn1c(I)cc2cccnc21. The molecule has 98 valence electrons. The molecule has 2 heterocycles. The van der Waals surface area contributed by atoms with E-state index in [4.69, 9.17) is 4.74 Å². The fourth-order valence-electron chi connectivity index (χ4n) is 1.71. The maximum absolute atomic E-state index is 5.80. The fourth-order valence-corrected chi connectivity index (χ4v) is 3.17. The van der Waals surface area contributed by atoms with Crippen molar-refractivity contribution in [2.75, 3.05) is 6.61 Å². The molecule has 0 spiro atoms. The van der Waals surface area contributed by atoms with Crippen LogP contribution in [0.2, 0.25) is 25.7 Å². The van der Waals surface area contributed by atoms with Crippen molar-refractivity contribution in [2.45, 2.75) is 32.4 Å². The molecule has 0 aromatic carbocycles. The van der Waals surface area contributed by atoms with Crippen LogP contribution in [-0.4, -0.2) is 24.2 Å². The highest BCUT2D eigenvalue weighted by atomic mass is 127. The first-order valence-electron chi connectivity index (χ1n) is 6.15. The van der Waals surface area contributed by atoms with Gasteiger partial charge in [-0.15, -0.1) is 0 Å². The first kappa shape index (κ1) is 14.0. The molecule has 0 aliphatic heterocycles.